The van der Waals surface area contributed by atoms with Crippen LogP contribution in [0.4, 0.5) is 0 Å². The minimum absolute atomic E-state index is 0.173. The third kappa shape index (κ3) is 3.36. The van der Waals surface area contributed by atoms with Crippen molar-refractivity contribution in [3.63, 3.8) is 0 Å². The second-order valence-electron chi connectivity index (χ2n) is 7.08. The molecule has 0 aliphatic heterocycles. The summed E-state index contributed by atoms with van der Waals surface area (Å²) in [7, 11) is 0. The monoisotopic (exact) mass is 281 g/mol. The first-order valence-corrected chi connectivity index (χ1v) is 7.74. The van der Waals surface area contributed by atoms with Crippen molar-refractivity contribution in [1.82, 2.24) is 0 Å². The fraction of sp³-hybridized carbons (Fsp3) is 0.400. The Morgan fingerprint density at radius 2 is 1.10 bits per heavy atom. The highest BCUT2D eigenvalue weighted by Gasteiger charge is 2.24. The molecule has 0 radical (unpaired) electrons. The molecule has 112 valence electrons. The molecule has 0 fully saturated rings. The van der Waals surface area contributed by atoms with E-state index in [-0.39, 0.29) is 5.41 Å². The summed E-state index contributed by atoms with van der Waals surface area (Å²) >= 11 is 0. The van der Waals surface area contributed by atoms with Crippen LogP contribution in [0.3, 0.4) is 0 Å². The van der Waals surface area contributed by atoms with Crippen LogP contribution >= 0.6 is 0 Å². The van der Waals surface area contributed by atoms with E-state index in [1.807, 2.05) is 0 Å². The fourth-order valence-corrected chi connectivity index (χ4v) is 2.57. The van der Waals surface area contributed by atoms with Crippen molar-refractivity contribution in [2.45, 2.75) is 52.0 Å². The van der Waals surface area contributed by atoms with Crippen molar-refractivity contribution >= 4 is 0 Å². The maximum atomic E-state index is 6.61. The number of hydrogen-bond donors (Lipinski definition) is 1. The molecule has 2 rings (SSSR count). The van der Waals surface area contributed by atoms with Crippen molar-refractivity contribution in [3.05, 3.63) is 70.8 Å². The van der Waals surface area contributed by atoms with E-state index in [9.17, 15) is 0 Å². The summed E-state index contributed by atoms with van der Waals surface area (Å²) in [5.74, 6) is 0. The molecule has 0 aliphatic carbocycles. The van der Waals surface area contributed by atoms with Gasteiger partial charge < -0.3 is 5.73 Å². The van der Waals surface area contributed by atoms with E-state index in [1.165, 1.54) is 11.1 Å². The first-order valence-electron chi connectivity index (χ1n) is 7.74. The first kappa shape index (κ1) is 15.8. The van der Waals surface area contributed by atoms with Gasteiger partial charge in [0.2, 0.25) is 0 Å². The molecule has 2 aromatic carbocycles. The SMILES string of the molecule is CCc1ccc(C(C)(N)c2ccc(C(C)(C)C)cc2)cc1. The molecular weight excluding hydrogens is 254 g/mol. The van der Waals surface area contributed by atoms with Gasteiger partial charge in [-0.05, 0) is 41.0 Å². The molecule has 0 spiro atoms. The molecule has 21 heavy (non-hydrogen) atoms. The van der Waals surface area contributed by atoms with Crippen LogP contribution in [0.5, 0.6) is 0 Å². The van der Waals surface area contributed by atoms with Gasteiger partial charge in [-0.25, -0.2) is 0 Å². The zero-order valence-corrected chi connectivity index (χ0v) is 13.9. The summed E-state index contributed by atoms with van der Waals surface area (Å²) in [6.45, 7) is 10.9. The Bertz CT molecular complexity index is 583. The number of aryl methyl sites for hydroxylation is 1. The molecule has 0 saturated heterocycles. The fourth-order valence-electron chi connectivity index (χ4n) is 2.57. The van der Waals surface area contributed by atoms with E-state index >= 15 is 0 Å². The quantitative estimate of drug-likeness (QED) is 0.861. The van der Waals surface area contributed by atoms with E-state index in [1.54, 1.807) is 0 Å². The van der Waals surface area contributed by atoms with Crippen LogP contribution in [0.2, 0.25) is 0 Å². The Morgan fingerprint density at radius 1 is 0.714 bits per heavy atom. The van der Waals surface area contributed by atoms with E-state index in [0.717, 1.165) is 17.5 Å². The van der Waals surface area contributed by atoms with Crippen LogP contribution in [0.1, 0.15) is 56.9 Å². The second kappa shape index (κ2) is 5.65. The van der Waals surface area contributed by atoms with Crippen LogP contribution in [0, 0.1) is 0 Å². The molecule has 0 amide bonds. The van der Waals surface area contributed by atoms with Crippen LogP contribution in [0.25, 0.3) is 0 Å². The van der Waals surface area contributed by atoms with Gasteiger partial charge in [0, 0.05) is 0 Å². The first-order chi connectivity index (χ1) is 9.75. The summed E-state index contributed by atoms with van der Waals surface area (Å²) in [4.78, 5) is 0. The van der Waals surface area contributed by atoms with Crippen molar-refractivity contribution < 1.29 is 0 Å². The van der Waals surface area contributed by atoms with Gasteiger partial charge >= 0.3 is 0 Å². The molecule has 0 saturated carbocycles. The lowest BCUT2D eigenvalue weighted by atomic mass is 9.82. The van der Waals surface area contributed by atoms with Gasteiger partial charge in [0.15, 0.2) is 0 Å². The summed E-state index contributed by atoms with van der Waals surface area (Å²) in [5, 5.41) is 0. The van der Waals surface area contributed by atoms with E-state index in [4.69, 9.17) is 5.73 Å². The van der Waals surface area contributed by atoms with Crippen LogP contribution in [-0.4, -0.2) is 0 Å². The molecule has 0 aromatic heterocycles. The second-order valence-corrected chi connectivity index (χ2v) is 7.08. The van der Waals surface area contributed by atoms with Gasteiger partial charge in [-0.1, -0.05) is 76.2 Å². The predicted octanol–water partition coefficient (Wildman–Crippen LogP) is 4.77. The Hall–Kier alpha value is -1.60. The van der Waals surface area contributed by atoms with Gasteiger partial charge in [-0.3, -0.25) is 0 Å². The van der Waals surface area contributed by atoms with Crippen LogP contribution in [0.15, 0.2) is 48.5 Å². The maximum absolute atomic E-state index is 6.61. The van der Waals surface area contributed by atoms with E-state index in [2.05, 4.69) is 83.1 Å². The highest BCUT2D eigenvalue weighted by molar-refractivity contribution is 5.40. The van der Waals surface area contributed by atoms with E-state index < -0.39 is 5.54 Å². The number of nitrogens with two attached hydrogens (primary N) is 1. The lowest BCUT2D eigenvalue weighted by Crippen LogP contribution is -2.34. The van der Waals surface area contributed by atoms with Gasteiger partial charge in [0.25, 0.3) is 0 Å². The normalized spacial score (nSPS) is 14.8. The number of hydrogen-bond acceptors (Lipinski definition) is 1. The lowest BCUT2D eigenvalue weighted by molar-refractivity contribution is 0.582. The Morgan fingerprint density at radius 3 is 1.48 bits per heavy atom. The predicted molar refractivity (Wildman–Crippen MR) is 91.6 cm³/mol. The van der Waals surface area contributed by atoms with Crippen molar-refractivity contribution in [1.29, 1.82) is 0 Å². The van der Waals surface area contributed by atoms with Crippen LogP contribution < -0.4 is 5.73 Å². The molecule has 0 heterocycles. The summed E-state index contributed by atoms with van der Waals surface area (Å²) < 4.78 is 0. The molecule has 1 atom stereocenters. The molecule has 2 aromatic rings. The summed E-state index contributed by atoms with van der Waals surface area (Å²) in [6, 6.07) is 17.4. The molecule has 2 N–H and O–H groups in total. The molecule has 1 heteroatoms. The van der Waals surface area contributed by atoms with Crippen molar-refractivity contribution in [3.8, 4) is 0 Å². The van der Waals surface area contributed by atoms with E-state index in [0.29, 0.717) is 0 Å². The van der Waals surface area contributed by atoms with Crippen LogP contribution in [-0.2, 0) is 17.4 Å². The number of benzene rings is 2. The Labute approximate surface area is 129 Å². The topological polar surface area (TPSA) is 26.0 Å². The Balaban J connectivity index is 2.34. The third-order valence-electron chi connectivity index (χ3n) is 4.31. The van der Waals surface area contributed by atoms with Gasteiger partial charge in [0.1, 0.15) is 0 Å². The minimum atomic E-state index is -0.456. The van der Waals surface area contributed by atoms with Gasteiger partial charge in [0.05, 0.1) is 5.54 Å². The average molecular weight is 281 g/mol. The molecule has 0 bridgehead atoms. The highest BCUT2D eigenvalue weighted by Crippen LogP contribution is 2.29. The standard InChI is InChI=1S/C20H27N/c1-6-15-7-9-17(10-8-15)20(5,21)18-13-11-16(12-14-18)19(2,3)4/h7-14H,6,21H2,1-5H3. The molecule has 1 unspecified atom stereocenters. The smallest absolute Gasteiger partial charge is 0.0636 e. The minimum Gasteiger partial charge on any atom is -0.318 e. The maximum Gasteiger partial charge on any atom is 0.0636 e. The lowest BCUT2D eigenvalue weighted by Gasteiger charge is -2.27. The number of rotatable bonds is 3. The van der Waals surface area contributed by atoms with Gasteiger partial charge in [-0.15, -0.1) is 0 Å². The zero-order chi connectivity index (χ0) is 15.7. The highest BCUT2D eigenvalue weighted by atomic mass is 14.7. The molecular formula is C20H27N. The largest absolute Gasteiger partial charge is 0.318 e. The average Bonchev–Trinajstić information content (AvgIpc) is 2.46. The molecule has 0 aliphatic rings. The summed E-state index contributed by atoms with van der Waals surface area (Å²) in [5.41, 5.74) is 11.3. The third-order valence-corrected chi connectivity index (χ3v) is 4.31. The Kier molecular flexibility index (Phi) is 4.25. The van der Waals surface area contributed by atoms with Crippen molar-refractivity contribution in [2.24, 2.45) is 5.73 Å². The summed E-state index contributed by atoms with van der Waals surface area (Å²) in [6.07, 6.45) is 1.06. The van der Waals surface area contributed by atoms with Crippen molar-refractivity contribution in [2.75, 3.05) is 0 Å². The van der Waals surface area contributed by atoms with Gasteiger partial charge in [-0.2, -0.15) is 0 Å². The zero-order valence-electron chi connectivity index (χ0n) is 13.9. The molecule has 1 nitrogen and oxygen atoms in total.